The van der Waals surface area contributed by atoms with Gasteiger partial charge in [-0.2, -0.15) is 0 Å². The van der Waals surface area contributed by atoms with Gasteiger partial charge in [-0.15, -0.1) is 0 Å². The Morgan fingerprint density at radius 1 is 0.935 bits per heavy atom. The molecular formula is C23H32N2O5S. The molecule has 0 heterocycles. The topological polar surface area (TPSA) is 84.9 Å². The predicted molar refractivity (Wildman–Crippen MR) is 123 cm³/mol. The molecule has 2 rings (SSSR count). The summed E-state index contributed by atoms with van der Waals surface area (Å²) in [6, 6.07) is 12.9. The summed E-state index contributed by atoms with van der Waals surface area (Å²) >= 11 is 0. The summed E-state index contributed by atoms with van der Waals surface area (Å²) in [5, 5.41) is 3.04. The molecule has 0 bridgehead atoms. The molecule has 1 amide bonds. The third-order valence-electron chi connectivity index (χ3n) is 4.96. The van der Waals surface area contributed by atoms with E-state index < -0.39 is 16.1 Å². The number of amides is 1. The standard InChI is InChI=1S/C23H32N2O5S/c1-16(2)15-22(18-7-11-20(29-4)12-8-18)24-23(26)17(3)25(31(6,27)28)19-9-13-21(30-5)14-10-19/h7-14,16-17,22H,15H2,1-6H3,(H,24,26)/t17-,22-/m1/s1. The lowest BCUT2D eigenvalue weighted by atomic mass is 9.96. The smallest absolute Gasteiger partial charge is 0.244 e. The molecule has 0 saturated heterocycles. The molecular weight excluding hydrogens is 416 g/mol. The maximum atomic E-state index is 13.1. The average molecular weight is 449 g/mol. The fourth-order valence-electron chi connectivity index (χ4n) is 3.42. The largest absolute Gasteiger partial charge is 0.497 e. The van der Waals surface area contributed by atoms with Crippen LogP contribution in [0.4, 0.5) is 5.69 Å². The monoisotopic (exact) mass is 448 g/mol. The van der Waals surface area contributed by atoms with Gasteiger partial charge in [0.15, 0.2) is 0 Å². The van der Waals surface area contributed by atoms with E-state index in [1.165, 1.54) is 7.11 Å². The fraction of sp³-hybridized carbons (Fsp3) is 0.435. The molecule has 1 N–H and O–H groups in total. The highest BCUT2D eigenvalue weighted by Gasteiger charge is 2.30. The second-order valence-electron chi connectivity index (χ2n) is 7.90. The highest BCUT2D eigenvalue weighted by molar-refractivity contribution is 7.92. The number of hydrogen-bond donors (Lipinski definition) is 1. The van der Waals surface area contributed by atoms with E-state index in [1.807, 2.05) is 24.3 Å². The van der Waals surface area contributed by atoms with Crippen molar-refractivity contribution in [3.05, 3.63) is 54.1 Å². The van der Waals surface area contributed by atoms with Crippen LogP contribution in [0.3, 0.4) is 0 Å². The first-order chi connectivity index (χ1) is 14.6. The molecule has 0 aliphatic heterocycles. The number of sulfonamides is 1. The lowest BCUT2D eigenvalue weighted by Crippen LogP contribution is -2.48. The van der Waals surface area contributed by atoms with Crippen molar-refractivity contribution in [2.75, 3.05) is 24.8 Å². The quantitative estimate of drug-likeness (QED) is 0.598. The van der Waals surface area contributed by atoms with Crippen molar-refractivity contribution in [2.45, 2.75) is 39.3 Å². The van der Waals surface area contributed by atoms with Gasteiger partial charge in [0.05, 0.1) is 32.2 Å². The third kappa shape index (κ3) is 6.62. The zero-order chi connectivity index (χ0) is 23.2. The van der Waals surface area contributed by atoms with Crippen LogP contribution < -0.4 is 19.1 Å². The van der Waals surface area contributed by atoms with Crippen molar-refractivity contribution >= 4 is 21.6 Å². The summed E-state index contributed by atoms with van der Waals surface area (Å²) in [6.45, 7) is 5.74. The van der Waals surface area contributed by atoms with E-state index in [1.54, 1.807) is 38.3 Å². The number of anilines is 1. The Kier molecular flexibility index (Phi) is 8.33. The van der Waals surface area contributed by atoms with Crippen molar-refractivity contribution in [2.24, 2.45) is 5.92 Å². The molecule has 2 aromatic carbocycles. The number of ether oxygens (including phenoxy) is 2. The van der Waals surface area contributed by atoms with E-state index in [9.17, 15) is 13.2 Å². The van der Waals surface area contributed by atoms with Gasteiger partial charge in [-0.1, -0.05) is 26.0 Å². The Bertz CT molecular complexity index is 956. The first-order valence-corrected chi connectivity index (χ1v) is 12.0. The second kappa shape index (κ2) is 10.5. The van der Waals surface area contributed by atoms with Crippen LogP contribution in [0.5, 0.6) is 11.5 Å². The van der Waals surface area contributed by atoms with Crippen LogP contribution in [0.25, 0.3) is 0 Å². The number of nitrogens with one attached hydrogen (secondary N) is 1. The second-order valence-corrected chi connectivity index (χ2v) is 9.76. The predicted octanol–water partition coefficient (Wildman–Crippen LogP) is 3.76. The fourth-order valence-corrected chi connectivity index (χ4v) is 4.59. The molecule has 0 aliphatic carbocycles. The lowest BCUT2D eigenvalue weighted by Gasteiger charge is -2.30. The molecule has 0 radical (unpaired) electrons. The number of rotatable bonds is 10. The normalized spacial score (nSPS) is 13.4. The number of carbonyl (C=O) groups is 1. The minimum atomic E-state index is -3.70. The summed E-state index contributed by atoms with van der Waals surface area (Å²) in [7, 11) is -0.564. The molecule has 2 aromatic rings. The maximum absolute atomic E-state index is 13.1. The number of carbonyl (C=O) groups excluding carboxylic acids is 1. The van der Waals surface area contributed by atoms with Crippen LogP contribution in [0.2, 0.25) is 0 Å². The average Bonchev–Trinajstić information content (AvgIpc) is 2.72. The number of nitrogens with zero attached hydrogens (tertiary/aromatic N) is 1. The summed E-state index contributed by atoms with van der Waals surface area (Å²) in [5.74, 6) is 1.29. The Hall–Kier alpha value is -2.74. The molecule has 170 valence electrons. The van der Waals surface area contributed by atoms with Crippen LogP contribution in [0.15, 0.2) is 48.5 Å². The molecule has 31 heavy (non-hydrogen) atoms. The van der Waals surface area contributed by atoms with Gasteiger partial charge < -0.3 is 14.8 Å². The number of benzene rings is 2. The Morgan fingerprint density at radius 3 is 1.84 bits per heavy atom. The third-order valence-corrected chi connectivity index (χ3v) is 6.20. The van der Waals surface area contributed by atoms with E-state index in [4.69, 9.17) is 9.47 Å². The van der Waals surface area contributed by atoms with E-state index >= 15 is 0 Å². The zero-order valence-electron chi connectivity index (χ0n) is 19.0. The molecule has 0 spiro atoms. The molecule has 0 unspecified atom stereocenters. The number of methoxy groups -OCH3 is 2. The highest BCUT2D eigenvalue weighted by atomic mass is 32.2. The molecule has 2 atom stereocenters. The molecule has 7 nitrogen and oxygen atoms in total. The first-order valence-electron chi connectivity index (χ1n) is 10.1. The van der Waals surface area contributed by atoms with Gasteiger partial charge >= 0.3 is 0 Å². The van der Waals surface area contributed by atoms with Crippen molar-refractivity contribution < 1.29 is 22.7 Å². The van der Waals surface area contributed by atoms with Crippen LogP contribution in [-0.4, -0.2) is 40.8 Å². The van der Waals surface area contributed by atoms with Gasteiger partial charge in [0.2, 0.25) is 15.9 Å². The molecule has 0 saturated carbocycles. The molecule has 0 aromatic heterocycles. The summed E-state index contributed by atoms with van der Waals surface area (Å²) in [6.07, 6.45) is 1.81. The number of hydrogen-bond acceptors (Lipinski definition) is 5. The van der Waals surface area contributed by atoms with Crippen LogP contribution in [-0.2, 0) is 14.8 Å². The minimum absolute atomic E-state index is 0.252. The zero-order valence-corrected chi connectivity index (χ0v) is 19.8. The molecule has 0 fully saturated rings. The van der Waals surface area contributed by atoms with Crippen molar-refractivity contribution in [1.29, 1.82) is 0 Å². The van der Waals surface area contributed by atoms with Crippen molar-refractivity contribution in [3.8, 4) is 11.5 Å². The van der Waals surface area contributed by atoms with Crippen LogP contribution in [0, 0.1) is 5.92 Å². The lowest BCUT2D eigenvalue weighted by molar-refractivity contribution is -0.122. The van der Waals surface area contributed by atoms with Gasteiger partial charge in [-0.3, -0.25) is 9.10 Å². The van der Waals surface area contributed by atoms with Crippen molar-refractivity contribution in [1.82, 2.24) is 5.32 Å². The van der Waals surface area contributed by atoms with E-state index in [0.717, 1.165) is 21.9 Å². The van der Waals surface area contributed by atoms with E-state index in [-0.39, 0.29) is 11.9 Å². The Labute approximate surface area is 185 Å². The minimum Gasteiger partial charge on any atom is -0.497 e. The van der Waals surface area contributed by atoms with Crippen LogP contribution >= 0.6 is 0 Å². The molecule has 8 heteroatoms. The van der Waals surface area contributed by atoms with Gasteiger partial charge in [0.1, 0.15) is 17.5 Å². The van der Waals surface area contributed by atoms with Gasteiger partial charge in [0.25, 0.3) is 0 Å². The Morgan fingerprint density at radius 2 is 1.42 bits per heavy atom. The summed E-state index contributed by atoms with van der Waals surface area (Å²) < 4.78 is 36.6. The SMILES string of the molecule is COc1ccc([C@@H](CC(C)C)NC(=O)[C@@H](C)N(c2ccc(OC)cc2)S(C)(=O)=O)cc1. The maximum Gasteiger partial charge on any atom is 0.244 e. The van der Waals surface area contributed by atoms with Gasteiger partial charge in [-0.25, -0.2) is 8.42 Å². The van der Waals surface area contributed by atoms with Gasteiger partial charge in [-0.05, 0) is 61.2 Å². The molecule has 0 aliphatic rings. The Balaban J connectivity index is 2.30. The highest BCUT2D eigenvalue weighted by Crippen LogP contribution is 2.26. The van der Waals surface area contributed by atoms with Crippen LogP contribution in [0.1, 0.15) is 38.8 Å². The summed E-state index contributed by atoms with van der Waals surface area (Å²) in [5.41, 5.74) is 1.33. The summed E-state index contributed by atoms with van der Waals surface area (Å²) in [4.78, 5) is 13.1. The van der Waals surface area contributed by atoms with E-state index in [2.05, 4.69) is 19.2 Å². The first kappa shape index (κ1) is 24.5. The van der Waals surface area contributed by atoms with E-state index in [0.29, 0.717) is 23.8 Å². The van der Waals surface area contributed by atoms with Gasteiger partial charge in [0, 0.05) is 0 Å². The van der Waals surface area contributed by atoms with Crippen molar-refractivity contribution in [3.63, 3.8) is 0 Å².